The minimum Gasteiger partial charge on any atom is -0.465 e. The lowest BCUT2D eigenvalue weighted by molar-refractivity contribution is 0.0600. The van der Waals surface area contributed by atoms with Crippen LogP contribution in [0.15, 0.2) is 36.4 Å². The number of anilines is 2. The Hall–Kier alpha value is -3.28. The molecular formula is C28H32N6O3S2. The number of amides is 1. The van der Waals surface area contributed by atoms with Crippen LogP contribution < -0.4 is 21.3 Å². The molecule has 39 heavy (non-hydrogen) atoms. The molecule has 2 bridgehead atoms. The lowest BCUT2D eigenvalue weighted by Gasteiger charge is -2.35. The highest BCUT2D eigenvalue weighted by Gasteiger charge is 2.38. The molecule has 204 valence electrons. The van der Waals surface area contributed by atoms with Crippen LogP contribution in [-0.2, 0) is 4.74 Å². The minimum absolute atomic E-state index is 0.0468. The fraction of sp³-hybridized carbons (Fsp3) is 0.429. The Morgan fingerprint density at radius 2 is 1.59 bits per heavy atom. The first kappa shape index (κ1) is 26.0. The molecule has 3 aliphatic rings. The average molecular weight is 565 g/mol. The first-order valence-electron chi connectivity index (χ1n) is 13.4. The summed E-state index contributed by atoms with van der Waals surface area (Å²) in [5.74, 6) is -0.316. The van der Waals surface area contributed by atoms with Crippen LogP contribution in [0.1, 0.15) is 59.2 Å². The summed E-state index contributed by atoms with van der Waals surface area (Å²) in [5.41, 5.74) is 8.45. The number of hydrogen-bond acceptors (Lipinski definition) is 10. The number of methoxy groups -OCH3 is 1. The predicted octanol–water partition coefficient (Wildman–Crippen LogP) is 4.57. The molecule has 0 radical (unpaired) electrons. The molecule has 7 rings (SSSR count). The highest BCUT2D eigenvalue weighted by molar-refractivity contribution is 7.22. The maximum Gasteiger partial charge on any atom is 0.337 e. The van der Waals surface area contributed by atoms with Crippen LogP contribution in [0.25, 0.3) is 20.4 Å². The van der Waals surface area contributed by atoms with Gasteiger partial charge in [-0.05, 0) is 62.1 Å². The first-order valence-corrected chi connectivity index (χ1v) is 15.1. The van der Waals surface area contributed by atoms with E-state index in [4.69, 9.17) is 10.7 Å². The number of hydrogen-bond donors (Lipinski definition) is 3. The summed E-state index contributed by atoms with van der Waals surface area (Å²) in [6.07, 6.45) is 7.19. The van der Waals surface area contributed by atoms with Gasteiger partial charge in [0.25, 0.3) is 5.91 Å². The van der Waals surface area contributed by atoms with Gasteiger partial charge in [0.2, 0.25) is 0 Å². The number of ether oxygens (including phenoxy) is 1. The van der Waals surface area contributed by atoms with E-state index in [1.807, 2.05) is 18.2 Å². The van der Waals surface area contributed by atoms with E-state index in [1.165, 1.54) is 48.8 Å². The molecule has 2 aliphatic heterocycles. The van der Waals surface area contributed by atoms with Gasteiger partial charge in [0.05, 0.1) is 33.1 Å². The zero-order valence-electron chi connectivity index (χ0n) is 21.8. The number of nitrogens with two attached hydrogens (primary N) is 1. The highest BCUT2D eigenvalue weighted by atomic mass is 32.1. The molecule has 1 saturated carbocycles. The lowest BCUT2D eigenvalue weighted by Crippen LogP contribution is -2.51. The van der Waals surface area contributed by atoms with E-state index < -0.39 is 0 Å². The second-order valence-electron chi connectivity index (χ2n) is 10.3. The van der Waals surface area contributed by atoms with Crippen molar-refractivity contribution < 1.29 is 14.3 Å². The van der Waals surface area contributed by atoms with Crippen molar-refractivity contribution in [2.45, 2.75) is 56.7 Å². The summed E-state index contributed by atoms with van der Waals surface area (Å²) < 4.78 is 6.74. The van der Waals surface area contributed by atoms with Crippen molar-refractivity contribution in [3.05, 3.63) is 47.5 Å². The van der Waals surface area contributed by atoms with Crippen molar-refractivity contribution in [2.75, 3.05) is 30.8 Å². The topological polar surface area (TPSA) is 122 Å². The van der Waals surface area contributed by atoms with E-state index in [0.29, 0.717) is 28.8 Å². The maximum atomic E-state index is 12.5. The summed E-state index contributed by atoms with van der Waals surface area (Å²) >= 11 is 3.15. The van der Waals surface area contributed by atoms with Crippen molar-refractivity contribution >= 4 is 65.2 Å². The molecule has 1 aliphatic carbocycles. The molecule has 11 heteroatoms. The Labute approximate surface area is 234 Å². The van der Waals surface area contributed by atoms with Crippen LogP contribution in [0.3, 0.4) is 0 Å². The largest absolute Gasteiger partial charge is 0.465 e. The molecule has 4 aromatic rings. The number of fused-ring (bicyclic) bond motifs is 4. The Morgan fingerprint density at radius 3 is 2.31 bits per heavy atom. The predicted molar refractivity (Wildman–Crippen MR) is 157 cm³/mol. The third kappa shape index (κ3) is 5.43. The maximum absolute atomic E-state index is 12.5. The van der Waals surface area contributed by atoms with Crippen LogP contribution in [0, 0.1) is 0 Å². The summed E-state index contributed by atoms with van der Waals surface area (Å²) in [4.78, 5) is 35.2. The van der Waals surface area contributed by atoms with Crippen LogP contribution in [0.2, 0.25) is 0 Å². The van der Waals surface area contributed by atoms with Gasteiger partial charge in [0.15, 0.2) is 10.3 Å². The quantitative estimate of drug-likeness (QED) is 0.308. The number of piperazine rings is 1. The monoisotopic (exact) mass is 564 g/mol. The van der Waals surface area contributed by atoms with Gasteiger partial charge in [-0.3, -0.25) is 4.79 Å². The Morgan fingerprint density at radius 1 is 0.949 bits per heavy atom. The van der Waals surface area contributed by atoms with E-state index in [2.05, 4.69) is 31.3 Å². The number of nitrogens with zero attached hydrogens (tertiary/aromatic N) is 3. The van der Waals surface area contributed by atoms with Crippen molar-refractivity contribution in [3.63, 3.8) is 0 Å². The standard InChI is InChI=1S/C19H24N4OS.C9H8N2O2S/c24-18(21-13-3-1-2-4-13)12-5-8-17-16(9-12)22-19(25-17)23-14-6-7-15(23)11-20-10-14;1-13-8(12)5-2-3-7-6(4-5)11-9(10)14-7/h5,8-9,13-15,20H,1-4,6-7,10-11H2,(H,21,24);2-4H,1H3,(H2,10,11). The van der Waals surface area contributed by atoms with Gasteiger partial charge in [0.1, 0.15) is 0 Å². The molecule has 0 spiro atoms. The second-order valence-corrected chi connectivity index (χ2v) is 12.4. The van der Waals surface area contributed by atoms with Gasteiger partial charge in [-0.1, -0.05) is 35.5 Å². The van der Waals surface area contributed by atoms with Crippen molar-refractivity contribution in [3.8, 4) is 0 Å². The third-order valence-electron chi connectivity index (χ3n) is 7.75. The molecule has 4 heterocycles. The van der Waals surface area contributed by atoms with Crippen LogP contribution in [0.5, 0.6) is 0 Å². The number of nitrogens with one attached hydrogen (secondary N) is 2. The van der Waals surface area contributed by atoms with Gasteiger partial charge >= 0.3 is 5.97 Å². The third-order valence-corrected chi connectivity index (χ3v) is 9.67. The number of carbonyl (C=O) groups is 2. The van der Waals surface area contributed by atoms with Gasteiger partial charge < -0.3 is 26.0 Å². The van der Waals surface area contributed by atoms with Crippen LogP contribution in [0.4, 0.5) is 10.3 Å². The van der Waals surface area contributed by atoms with Gasteiger partial charge in [0, 0.05) is 36.8 Å². The minimum atomic E-state index is -0.363. The number of rotatable bonds is 4. The molecule has 9 nitrogen and oxygen atoms in total. The van der Waals surface area contributed by atoms with E-state index in [-0.39, 0.29) is 11.9 Å². The average Bonchev–Trinajstić information content (AvgIpc) is 3.72. The number of thiazole rings is 2. The lowest BCUT2D eigenvalue weighted by atomic mass is 10.1. The summed E-state index contributed by atoms with van der Waals surface area (Å²) in [7, 11) is 1.35. The molecule has 2 unspecified atom stereocenters. The van der Waals surface area contributed by atoms with Gasteiger partial charge in [-0.15, -0.1) is 0 Å². The molecule has 2 saturated heterocycles. The van der Waals surface area contributed by atoms with E-state index in [1.54, 1.807) is 23.5 Å². The Balaban J connectivity index is 0.000000168. The molecular weight excluding hydrogens is 532 g/mol. The second kappa shape index (κ2) is 11.1. The number of nitrogen functional groups attached to an aromatic ring is 1. The molecule has 2 aromatic carbocycles. The number of carbonyl (C=O) groups excluding carboxylic acids is 2. The highest BCUT2D eigenvalue weighted by Crippen LogP contribution is 2.37. The molecule has 2 atom stereocenters. The molecule has 2 aromatic heterocycles. The van der Waals surface area contributed by atoms with Gasteiger partial charge in [-0.25, -0.2) is 14.8 Å². The van der Waals surface area contributed by atoms with Crippen LogP contribution in [-0.4, -0.2) is 60.2 Å². The normalized spacial score (nSPS) is 20.7. The number of esters is 1. The molecule has 1 amide bonds. The zero-order chi connectivity index (χ0) is 26.9. The van der Waals surface area contributed by atoms with E-state index in [9.17, 15) is 9.59 Å². The Bertz CT molecular complexity index is 1500. The summed E-state index contributed by atoms with van der Waals surface area (Å²) in [6.45, 7) is 2.11. The fourth-order valence-corrected chi connectivity index (χ4v) is 7.59. The number of benzene rings is 2. The van der Waals surface area contributed by atoms with E-state index >= 15 is 0 Å². The Kier molecular flexibility index (Phi) is 7.37. The van der Waals surface area contributed by atoms with Crippen LogP contribution >= 0.6 is 22.7 Å². The smallest absolute Gasteiger partial charge is 0.337 e. The van der Waals surface area contributed by atoms with Crippen molar-refractivity contribution in [1.29, 1.82) is 0 Å². The zero-order valence-corrected chi connectivity index (χ0v) is 23.4. The summed E-state index contributed by atoms with van der Waals surface area (Å²) in [5, 5.41) is 8.32. The SMILES string of the molecule is COC(=O)c1ccc2sc(N)nc2c1.O=C(NC1CCCC1)c1ccc2sc(N3C4CCC3CNC4)nc2c1. The van der Waals surface area contributed by atoms with Crippen molar-refractivity contribution in [1.82, 2.24) is 20.6 Å². The fourth-order valence-electron chi connectivity index (χ4n) is 5.79. The summed E-state index contributed by atoms with van der Waals surface area (Å²) in [6, 6.07) is 12.7. The van der Waals surface area contributed by atoms with Gasteiger partial charge in [-0.2, -0.15) is 0 Å². The van der Waals surface area contributed by atoms with Crippen molar-refractivity contribution in [2.24, 2.45) is 0 Å². The number of aromatic nitrogens is 2. The molecule has 3 fully saturated rings. The first-order chi connectivity index (χ1) is 19.0. The van der Waals surface area contributed by atoms with E-state index in [0.717, 1.165) is 52.4 Å². The molecule has 4 N–H and O–H groups in total.